The van der Waals surface area contributed by atoms with Gasteiger partial charge in [-0.1, -0.05) is 31.5 Å². The molecule has 198 valence electrons. The van der Waals surface area contributed by atoms with E-state index in [2.05, 4.69) is 4.98 Å². The number of hydrogen-bond acceptors (Lipinski definition) is 6. The average Bonchev–Trinajstić information content (AvgIpc) is 3.13. The van der Waals surface area contributed by atoms with Gasteiger partial charge in [0.2, 0.25) is 15.9 Å². The Balaban J connectivity index is 1.68. The molecule has 2 aromatic heterocycles. The van der Waals surface area contributed by atoms with Crippen molar-refractivity contribution in [3.63, 3.8) is 0 Å². The highest BCUT2D eigenvalue weighted by atomic mass is 32.2. The maximum atomic E-state index is 12.7. The average molecular weight is 527 g/mol. The third kappa shape index (κ3) is 5.24. The molecule has 0 saturated carbocycles. The number of pyridine rings is 1. The molecule has 0 aliphatic carbocycles. The summed E-state index contributed by atoms with van der Waals surface area (Å²) in [5.74, 6) is -1.01. The van der Waals surface area contributed by atoms with Crippen molar-refractivity contribution in [2.24, 2.45) is 17.4 Å². The Morgan fingerprint density at radius 3 is 2.35 bits per heavy atom. The van der Waals surface area contributed by atoms with Gasteiger partial charge in [-0.15, -0.1) is 0 Å². The van der Waals surface area contributed by atoms with Gasteiger partial charge in [0.1, 0.15) is 5.69 Å². The Hall–Kier alpha value is -3.31. The van der Waals surface area contributed by atoms with Gasteiger partial charge in [0, 0.05) is 41.8 Å². The van der Waals surface area contributed by atoms with Crippen molar-refractivity contribution >= 4 is 32.7 Å². The molecular formula is C26H34N6O4S. The lowest BCUT2D eigenvalue weighted by Gasteiger charge is -2.31. The summed E-state index contributed by atoms with van der Waals surface area (Å²) < 4.78 is 28.6. The van der Waals surface area contributed by atoms with E-state index in [-0.39, 0.29) is 22.9 Å². The largest absolute Gasteiger partial charge is 0.366 e. The van der Waals surface area contributed by atoms with Gasteiger partial charge >= 0.3 is 0 Å². The highest BCUT2D eigenvalue weighted by Gasteiger charge is 2.30. The molecule has 2 amide bonds. The van der Waals surface area contributed by atoms with Crippen LogP contribution in [-0.2, 0) is 16.6 Å². The molecule has 37 heavy (non-hydrogen) atoms. The number of para-hydroxylation sites is 1. The van der Waals surface area contributed by atoms with Gasteiger partial charge in [0.25, 0.3) is 5.91 Å². The van der Waals surface area contributed by atoms with E-state index in [1.54, 1.807) is 28.6 Å². The number of carbonyl (C=O) groups is 2. The number of aromatic nitrogens is 3. The molecule has 0 bridgehead atoms. The van der Waals surface area contributed by atoms with Gasteiger partial charge in [-0.25, -0.2) is 17.7 Å². The number of fused-ring (bicyclic) bond motifs is 1. The number of aryl methyl sites for hydroxylation is 1. The molecule has 1 aliphatic rings. The zero-order valence-electron chi connectivity index (χ0n) is 21.5. The summed E-state index contributed by atoms with van der Waals surface area (Å²) in [6, 6.07) is 6.99. The predicted octanol–water partition coefficient (Wildman–Crippen LogP) is 2.75. The number of benzene rings is 1. The second kappa shape index (κ2) is 10.6. The molecule has 10 nitrogen and oxygen atoms in total. The Labute approximate surface area is 217 Å². The van der Waals surface area contributed by atoms with Crippen molar-refractivity contribution in [1.29, 1.82) is 0 Å². The summed E-state index contributed by atoms with van der Waals surface area (Å²) in [7, 11) is -3.22. The number of primary amides is 2. The fraction of sp³-hybridized carbons (Fsp3) is 0.462. The number of hydrogen-bond donors (Lipinski definition) is 2. The number of nitrogens with two attached hydrogens (primary N) is 2. The summed E-state index contributed by atoms with van der Waals surface area (Å²) in [5.41, 5.74) is 14.5. The minimum absolute atomic E-state index is 0.0242. The molecule has 3 aromatic rings. The van der Waals surface area contributed by atoms with Crippen molar-refractivity contribution in [2.45, 2.75) is 53.0 Å². The minimum Gasteiger partial charge on any atom is -0.366 e. The van der Waals surface area contributed by atoms with Crippen LogP contribution in [0.2, 0.25) is 0 Å². The summed E-state index contributed by atoms with van der Waals surface area (Å²) in [4.78, 5) is 29.6. The first-order valence-corrected chi connectivity index (χ1v) is 14.2. The van der Waals surface area contributed by atoms with Crippen LogP contribution in [0.5, 0.6) is 0 Å². The van der Waals surface area contributed by atoms with Crippen molar-refractivity contribution in [3.8, 4) is 11.1 Å². The third-order valence-electron chi connectivity index (χ3n) is 7.16. The molecule has 0 atom stereocenters. The number of rotatable bonds is 9. The maximum absolute atomic E-state index is 12.7. The first kappa shape index (κ1) is 26.7. The smallest absolute Gasteiger partial charge is 0.267 e. The van der Waals surface area contributed by atoms with Crippen LogP contribution in [0.15, 0.2) is 24.3 Å². The minimum atomic E-state index is -3.22. The summed E-state index contributed by atoms with van der Waals surface area (Å²) in [6.45, 7) is 7.26. The molecule has 3 heterocycles. The van der Waals surface area contributed by atoms with Crippen LogP contribution < -0.4 is 11.5 Å². The molecule has 1 saturated heterocycles. The summed E-state index contributed by atoms with van der Waals surface area (Å²) in [5, 5.41) is 5.26. The molecule has 4 rings (SSSR count). The van der Waals surface area contributed by atoms with E-state index >= 15 is 0 Å². The van der Waals surface area contributed by atoms with E-state index in [1.165, 1.54) is 0 Å². The lowest BCUT2D eigenvalue weighted by Crippen LogP contribution is -2.40. The third-order valence-corrected chi connectivity index (χ3v) is 9.11. The lowest BCUT2D eigenvalue weighted by molar-refractivity contribution is 0.0996. The molecule has 0 unspecified atom stereocenters. The topological polar surface area (TPSA) is 154 Å². The summed E-state index contributed by atoms with van der Waals surface area (Å²) in [6.07, 6.45) is 2.98. The highest BCUT2D eigenvalue weighted by molar-refractivity contribution is 7.89. The van der Waals surface area contributed by atoms with Crippen LogP contribution in [-0.4, -0.2) is 58.1 Å². The molecule has 1 aliphatic heterocycles. The zero-order valence-corrected chi connectivity index (χ0v) is 22.3. The monoisotopic (exact) mass is 526 g/mol. The van der Waals surface area contributed by atoms with Gasteiger partial charge in [-0.3, -0.25) is 14.3 Å². The van der Waals surface area contributed by atoms with Crippen LogP contribution >= 0.6 is 0 Å². The van der Waals surface area contributed by atoms with Crippen LogP contribution in [0.3, 0.4) is 0 Å². The Bertz CT molecular complexity index is 1460. The van der Waals surface area contributed by atoms with E-state index in [4.69, 9.17) is 16.6 Å². The molecule has 1 fully saturated rings. The number of unbranched alkanes of at least 4 members (excludes halogenated alkanes) is 1. The Morgan fingerprint density at radius 2 is 1.73 bits per heavy atom. The van der Waals surface area contributed by atoms with Crippen LogP contribution in [0.4, 0.5) is 0 Å². The van der Waals surface area contributed by atoms with Gasteiger partial charge < -0.3 is 11.5 Å². The second-order valence-electron chi connectivity index (χ2n) is 9.70. The quantitative estimate of drug-likeness (QED) is 0.437. The predicted molar refractivity (Wildman–Crippen MR) is 142 cm³/mol. The van der Waals surface area contributed by atoms with Gasteiger partial charge in [-0.05, 0) is 45.1 Å². The van der Waals surface area contributed by atoms with Gasteiger partial charge in [0.05, 0.1) is 22.5 Å². The number of carbonyl (C=O) groups excluding carboxylic acids is 2. The standard InChI is InChI=1S/C26H34N6O4S/c1-4-5-14-37(35,36)31-12-10-18(11-13-31)15-32-17(3)21(16(2)30-32)23-22(25(27)33)19-8-6-7-9-20(19)29-24(23)26(28)34/h6-9,18H,4-5,10-15H2,1-3H3,(H2,27,33)(H2,28,34). The fourth-order valence-electron chi connectivity index (χ4n) is 5.20. The van der Waals surface area contributed by atoms with Crippen molar-refractivity contribution in [3.05, 3.63) is 46.9 Å². The number of nitrogens with zero attached hydrogens (tertiary/aromatic N) is 4. The zero-order chi connectivity index (χ0) is 26.9. The van der Waals surface area contributed by atoms with Crippen LogP contribution in [0.1, 0.15) is 64.8 Å². The molecule has 1 aromatic carbocycles. The molecule has 0 spiro atoms. The SMILES string of the molecule is CCCCS(=O)(=O)N1CCC(Cn2nc(C)c(-c3c(C(N)=O)nc4ccccc4c3C(N)=O)c2C)CC1. The van der Waals surface area contributed by atoms with Crippen LogP contribution in [0.25, 0.3) is 22.0 Å². The van der Waals surface area contributed by atoms with Crippen molar-refractivity contribution < 1.29 is 18.0 Å². The first-order valence-electron chi connectivity index (χ1n) is 12.6. The molecule has 0 radical (unpaired) electrons. The molecular weight excluding hydrogens is 492 g/mol. The van der Waals surface area contributed by atoms with Gasteiger partial charge in [-0.2, -0.15) is 5.10 Å². The van der Waals surface area contributed by atoms with E-state index in [9.17, 15) is 18.0 Å². The summed E-state index contributed by atoms with van der Waals surface area (Å²) >= 11 is 0. The Morgan fingerprint density at radius 1 is 1.05 bits per heavy atom. The first-order chi connectivity index (χ1) is 17.5. The van der Waals surface area contributed by atoms with Gasteiger partial charge in [0.15, 0.2) is 0 Å². The van der Waals surface area contributed by atoms with E-state index < -0.39 is 21.8 Å². The Kier molecular flexibility index (Phi) is 7.65. The second-order valence-corrected chi connectivity index (χ2v) is 11.8. The highest BCUT2D eigenvalue weighted by Crippen LogP contribution is 2.36. The van der Waals surface area contributed by atoms with Crippen molar-refractivity contribution in [1.82, 2.24) is 19.1 Å². The maximum Gasteiger partial charge on any atom is 0.267 e. The lowest BCUT2D eigenvalue weighted by atomic mass is 9.92. The number of sulfonamides is 1. The van der Waals surface area contributed by atoms with Crippen molar-refractivity contribution in [2.75, 3.05) is 18.8 Å². The number of piperidine rings is 1. The molecule has 4 N–H and O–H groups in total. The van der Waals surface area contributed by atoms with Crippen LogP contribution in [0, 0.1) is 19.8 Å². The van der Waals surface area contributed by atoms with E-state index in [1.807, 2.05) is 25.5 Å². The van der Waals surface area contributed by atoms with E-state index in [0.717, 1.165) is 25.0 Å². The molecule has 11 heteroatoms. The fourth-order valence-corrected chi connectivity index (χ4v) is 6.88. The number of amides is 2. The van der Waals surface area contributed by atoms with E-state index in [0.29, 0.717) is 53.8 Å². The normalized spacial score (nSPS) is 15.3.